The van der Waals surface area contributed by atoms with Gasteiger partial charge in [0.1, 0.15) is 5.69 Å². The molecule has 1 N–H and O–H groups in total. The Kier molecular flexibility index (Phi) is 7.20. The van der Waals surface area contributed by atoms with Crippen LogP contribution in [-0.2, 0) is 18.4 Å². The van der Waals surface area contributed by atoms with Crippen LogP contribution in [0.5, 0.6) is 0 Å². The summed E-state index contributed by atoms with van der Waals surface area (Å²) in [5.74, 6) is 0.871. The molecule has 3 aromatic rings. The molecule has 2 heterocycles. The summed E-state index contributed by atoms with van der Waals surface area (Å²) < 4.78 is 8.69. The smallest absolute Gasteiger partial charge is 0.271 e. The summed E-state index contributed by atoms with van der Waals surface area (Å²) in [6.07, 6.45) is 2.61. The van der Waals surface area contributed by atoms with Crippen LogP contribution >= 0.6 is 0 Å². The molecule has 1 aromatic heterocycles. The minimum absolute atomic E-state index is 0.0269. The molecule has 1 fully saturated rings. The molecule has 0 saturated heterocycles. The number of hydrogen-bond acceptors (Lipinski definition) is 4. The van der Waals surface area contributed by atoms with E-state index >= 15 is 0 Å². The molecule has 0 unspecified atom stereocenters. The number of ether oxygens (including phenoxy) is 1. The molecule has 5 rings (SSSR count). The molecule has 3 atom stereocenters. The third-order valence-corrected chi connectivity index (χ3v) is 7.98. The molecule has 0 bridgehead atoms. The summed E-state index contributed by atoms with van der Waals surface area (Å²) in [5, 5.41) is 11.2. The zero-order chi connectivity index (χ0) is 25.4. The van der Waals surface area contributed by atoms with E-state index in [-0.39, 0.29) is 30.6 Å². The van der Waals surface area contributed by atoms with E-state index in [4.69, 9.17) is 4.74 Å². The zero-order valence-electron chi connectivity index (χ0n) is 22.0. The number of aliphatic hydroxyl groups excluding tert-OH is 1. The van der Waals surface area contributed by atoms with Gasteiger partial charge in [-0.25, -0.2) is 0 Å². The first-order valence-corrected chi connectivity index (χ1v) is 13.3. The molecule has 0 radical (unpaired) electrons. The van der Waals surface area contributed by atoms with Crippen LogP contribution in [0, 0.1) is 11.8 Å². The largest absolute Gasteiger partial charge is 0.394 e. The molecule has 36 heavy (non-hydrogen) atoms. The Morgan fingerprint density at radius 2 is 1.83 bits per heavy atom. The summed E-state index contributed by atoms with van der Waals surface area (Å²) in [6.45, 7) is 6.96. The number of nitrogens with zero attached hydrogens (tertiary/aromatic N) is 3. The molecular formula is C30H39N3O3. The van der Waals surface area contributed by atoms with Gasteiger partial charge in [0.05, 0.1) is 25.4 Å². The highest BCUT2D eigenvalue weighted by atomic mass is 16.5. The minimum atomic E-state index is -0.299. The fourth-order valence-electron chi connectivity index (χ4n) is 5.65. The van der Waals surface area contributed by atoms with Crippen molar-refractivity contribution in [3.05, 3.63) is 59.8 Å². The van der Waals surface area contributed by atoms with Crippen LogP contribution in [0.1, 0.15) is 42.7 Å². The quantitative estimate of drug-likeness (QED) is 0.552. The number of fused-ring (bicyclic) bond motifs is 5. The standard InChI is InChI=1S/C30H39N3O3/c1-20-15-33(21(2)18-34)30(35)29-28(25-11-7-8-12-26(25)32(29)4)24-10-6-5-9-23(24)19-36-27(20)17-31(3)16-22-13-14-22/h5-12,20-22,27,34H,13-19H2,1-4H3/t20-,21+,27+/m0/s1. The highest BCUT2D eigenvalue weighted by molar-refractivity contribution is 6.10. The predicted molar refractivity (Wildman–Crippen MR) is 144 cm³/mol. The highest BCUT2D eigenvalue weighted by Crippen LogP contribution is 2.38. The maximum absolute atomic E-state index is 14.3. The van der Waals surface area contributed by atoms with Crippen molar-refractivity contribution in [2.45, 2.75) is 45.4 Å². The average Bonchev–Trinajstić information content (AvgIpc) is 3.65. The molecule has 1 saturated carbocycles. The lowest BCUT2D eigenvalue weighted by atomic mass is 9.96. The van der Waals surface area contributed by atoms with E-state index < -0.39 is 0 Å². The summed E-state index contributed by atoms with van der Waals surface area (Å²) in [6, 6.07) is 16.2. The van der Waals surface area contributed by atoms with Crippen molar-refractivity contribution >= 4 is 16.8 Å². The Hall–Kier alpha value is -2.67. The van der Waals surface area contributed by atoms with Gasteiger partial charge in [-0.3, -0.25) is 4.79 Å². The average molecular weight is 490 g/mol. The van der Waals surface area contributed by atoms with Crippen LogP contribution in [-0.4, -0.2) is 70.8 Å². The van der Waals surface area contributed by atoms with Crippen molar-refractivity contribution < 1.29 is 14.6 Å². The Morgan fingerprint density at radius 1 is 1.11 bits per heavy atom. The number of benzene rings is 2. The van der Waals surface area contributed by atoms with E-state index in [0.717, 1.165) is 46.6 Å². The van der Waals surface area contributed by atoms with E-state index in [2.05, 4.69) is 43.1 Å². The van der Waals surface area contributed by atoms with Crippen molar-refractivity contribution in [2.24, 2.45) is 18.9 Å². The van der Waals surface area contributed by atoms with Crippen molar-refractivity contribution in [3.63, 3.8) is 0 Å². The topological polar surface area (TPSA) is 57.9 Å². The molecule has 192 valence electrons. The normalized spacial score (nSPS) is 21.8. The summed E-state index contributed by atoms with van der Waals surface area (Å²) in [4.78, 5) is 18.6. The molecule has 2 aromatic carbocycles. The monoisotopic (exact) mass is 489 g/mol. The molecular weight excluding hydrogens is 450 g/mol. The van der Waals surface area contributed by atoms with E-state index in [1.165, 1.54) is 12.8 Å². The van der Waals surface area contributed by atoms with Crippen LogP contribution in [0.15, 0.2) is 48.5 Å². The van der Waals surface area contributed by atoms with Crippen molar-refractivity contribution in [2.75, 3.05) is 33.3 Å². The van der Waals surface area contributed by atoms with Gasteiger partial charge in [0, 0.05) is 49.1 Å². The number of rotatable bonds is 6. The number of aromatic nitrogens is 1. The van der Waals surface area contributed by atoms with Crippen LogP contribution in [0.25, 0.3) is 22.0 Å². The second kappa shape index (κ2) is 10.4. The maximum atomic E-state index is 14.3. The van der Waals surface area contributed by atoms with Crippen LogP contribution in [0.3, 0.4) is 0 Å². The molecule has 1 amide bonds. The molecule has 2 aliphatic rings. The number of aliphatic hydroxyl groups is 1. The summed E-state index contributed by atoms with van der Waals surface area (Å²) in [7, 11) is 4.15. The van der Waals surface area contributed by atoms with Crippen LogP contribution in [0.2, 0.25) is 0 Å². The van der Waals surface area contributed by atoms with E-state index in [9.17, 15) is 9.90 Å². The fourth-order valence-corrected chi connectivity index (χ4v) is 5.65. The Balaban J connectivity index is 1.63. The van der Waals surface area contributed by atoms with Gasteiger partial charge in [0.15, 0.2) is 0 Å². The number of carbonyl (C=O) groups excluding carboxylic acids is 1. The Morgan fingerprint density at radius 3 is 2.58 bits per heavy atom. The van der Waals surface area contributed by atoms with Gasteiger partial charge in [-0.2, -0.15) is 0 Å². The maximum Gasteiger partial charge on any atom is 0.271 e. The lowest BCUT2D eigenvalue weighted by molar-refractivity contribution is -0.0236. The second-order valence-electron chi connectivity index (χ2n) is 10.9. The second-order valence-corrected chi connectivity index (χ2v) is 10.9. The number of carbonyl (C=O) groups is 1. The number of likely N-dealkylation sites (N-methyl/N-ethyl adjacent to an activating group) is 1. The van der Waals surface area contributed by atoms with Crippen LogP contribution < -0.4 is 0 Å². The van der Waals surface area contributed by atoms with E-state index in [1.807, 2.05) is 47.7 Å². The van der Waals surface area contributed by atoms with Gasteiger partial charge >= 0.3 is 0 Å². The lowest BCUT2D eigenvalue weighted by Gasteiger charge is -2.35. The summed E-state index contributed by atoms with van der Waals surface area (Å²) >= 11 is 0. The van der Waals surface area contributed by atoms with Gasteiger partial charge in [0.25, 0.3) is 5.91 Å². The molecule has 6 nitrogen and oxygen atoms in total. The predicted octanol–water partition coefficient (Wildman–Crippen LogP) is 4.55. The molecule has 0 spiro atoms. The van der Waals surface area contributed by atoms with Crippen molar-refractivity contribution in [3.8, 4) is 11.1 Å². The third kappa shape index (κ3) is 4.82. The fraction of sp³-hybridized carbons (Fsp3) is 0.500. The van der Waals surface area contributed by atoms with Gasteiger partial charge in [0.2, 0.25) is 0 Å². The molecule has 1 aliphatic carbocycles. The van der Waals surface area contributed by atoms with E-state index in [0.29, 0.717) is 18.8 Å². The molecule has 1 aliphatic heterocycles. The van der Waals surface area contributed by atoms with Gasteiger partial charge in [-0.1, -0.05) is 49.4 Å². The summed E-state index contributed by atoms with van der Waals surface area (Å²) in [5.41, 5.74) is 4.76. The Labute approximate surface area is 214 Å². The first-order chi connectivity index (χ1) is 17.4. The molecule has 6 heteroatoms. The SMILES string of the molecule is C[C@H](CO)N1C[C@H](C)[C@@H](CN(C)CC2CC2)OCc2ccccc2-c2c(n(C)c3ccccc23)C1=O. The highest BCUT2D eigenvalue weighted by Gasteiger charge is 2.34. The third-order valence-electron chi connectivity index (χ3n) is 7.98. The van der Waals surface area contributed by atoms with E-state index in [1.54, 1.807) is 0 Å². The zero-order valence-corrected chi connectivity index (χ0v) is 22.0. The lowest BCUT2D eigenvalue weighted by Crippen LogP contribution is -2.47. The minimum Gasteiger partial charge on any atom is -0.394 e. The number of amides is 1. The number of para-hydroxylation sites is 1. The van der Waals surface area contributed by atoms with Gasteiger partial charge < -0.3 is 24.2 Å². The van der Waals surface area contributed by atoms with Crippen molar-refractivity contribution in [1.29, 1.82) is 0 Å². The van der Waals surface area contributed by atoms with Gasteiger partial charge in [-0.15, -0.1) is 0 Å². The first kappa shape index (κ1) is 25.0. The van der Waals surface area contributed by atoms with Gasteiger partial charge in [-0.05, 0) is 49.9 Å². The number of aryl methyl sites for hydroxylation is 1. The Bertz CT molecular complexity index is 1230. The van der Waals surface area contributed by atoms with Crippen LogP contribution in [0.4, 0.5) is 0 Å². The van der Waals surface area contributed by atoms with Crippen molar-refractivity contribution in [1.82, 2.24) is 14.4 Å². The number of hydrogen-bond donors (Lipinski definition) is 1. The first-order valence-electron chi connectivity index (χ1n) is 13.3.